The number of nitrogens with zero attached hydrogens (tertiary/aromatic N) is 1. The lowest BCUT2D eigenvalue weighted by Crippen LogP contribution is -2.26. The van der Waals surface area contributed by atoms with Crippen molar-refractivity contribution in [1.82, 2.24) is 0 Å². The quantitative estimate of drug-likeness (QED) is 0.174. The number of thiophene rings is 1. The van der Waals surface area contributed by atoms with Crippen LogP contribution in [0.2, 0.25) is 0 Å². The molecule has 0 bridgehead atoms. The lowest BCUT2D eigenvalue weighted by Gasteiger charge is -2.32. The summed E-state index contributed by atoms with van der Waals surface area (Å²) in [5.74, 6) is 0. The van der Waals surface area contributed by atoms with Crippen LogP contribution in [0.3, 0.4) is 0 Å². The SMILES string of the molecule is CC1(C)c2cc(-c3ccccc3)ccc2-c2ccc(N(c3ccccc3)c3cccc4c3-c3sc5ccccc5c3C43c4ccccc4-c4ccccc43)cc21. The van der Waals surface area contributed by atoms with E-state index in [-0.39, 0.29) is 5.41 Å². The largest absolute Gasteiger partial charge is 0.310 e. The molecule has 0 aliphatic heterocycles. The van der Waals surface area contributed by atoms with Crippen LogP contribution in [-0.4, -0.2) is 0 Å². The number of hydrogen-bond acceptors (Lipinski definition) is 2. The van der Waals surface area contributed by atoms with E-state index in [0.29, 0.717) is 0 Å². The Balaban J connectivity index is 1.11. The molecule has 1 nitrogen and oxygen atoms in total. The highest BCUT2D eigenvalue weighted by Crippen LogP contribution is 2.68. The fourth-order valence-electron chi connectivity index (χ4n) is 10.5. The van der Waals surface area contributed by atoms with E-state index >= 15 is 0 Å². The Morgan fingerprint density at radius 2 is 1.02 bits per heavy atom. The van der Waals surface area contributed by atoms with E-state index < -0.39 is 5.41 Å². The van der Waals surface area contributed by atoms with Gasteiger partial charge in [-0.25, -0.2) is 0 Å². The minimum atomic E-state index is -0.423. The van der Waals surface area contributed by atoms with E-state index in [4.69, 9.17) is 0 Å². The van der Waals surface area contributed by atoms with Crippen LogP contribution in [0.4, 0.5) is 17.1 Å². The van der Waals surface area contributed by atoms with Crippen LogP contribution in [0.5, 0.6) is 0 Å². The molecule has 1 aromatic heterocycles. The minimum absolute atomic E-state index is 0.174. The second-order valence-electron chi connectivity index (χ2n) is 16.0. The highest BCUT2D eigenvalue weighted by Gasteiger charge is 2.54. The van der Waals surface area contributed by atoms with Crippen molar-refractivity contribution < 1.29 is 0 Å². The van der Waals surface area contributed by atoms with Crippen molar-refractivity contribution in [3.05, 3.63) is 221 Å². The van der Waals surface area contributed by atoms with Gasteiger partial charge in [-0.2, -0.15) is 0 Å². The van der Waals surface area contributed by atoms with Gasteiger partial charge >= 0.3 is 0 Å². The van der Waals surface area contributed by atoms with Crippen molar-refractivity contribution in [2.45, 2.75) is 24.7 Å². The molecular formula is C54H37NS. The van der Waals surface area contributed by atoms with Gasteiger partial charge in [-0.3, -0.25) is 0 Å². The molecule has 2 heteroatoms. The molecular weight excluding hydrogens is 695 g/mol. The van der Waals surface area contributed by atoms with Crippen LogP contribution in [0.15, 0.2) is 188 Å². The number of benzene rings is 8. The minimum Gasteiger partial charge on any atom is -0.310 e. The first-order chi connectivity index (χ1) is 27.5. The van der Waals surface area contributed by atoms with Crippen LogP contribution in [0.1, 0.15) is 47.2 Å². The third kappa shape index (κ3) is 4.09. The van der Waals surface area contributed by atoms with Crippen LogP contribution in [0.25, 0.3) is 53.9 Å². The Morgan fingerprint density at radius 3 is 1.77 bits per heavy atom. The zero-order valence-electron chi connectivity index (χ0n) is 31.3. The third-order valence-corrected chi connectivity index (χ3v) is 14.1. The zero-order chi connectivity index (χ0) is 37.2. The topological polar surface area (TPSA) is 3.24 Å². The molecule has 1 spiro atoms. The van der Waals surface area contributed by atoms with E-state index in [1.54, 1.807) is 0 Å². The Kier molecular flexibility index (Phi) is 6.55. The Hall–Kier alpha value is -6.48. The Morgan fingerprint density at radius 1 is 0.429 bits per heavy atom. The lowest BCUT2D eigenvalue weighted by atomic mass is 9.70. The third-order valence-electron chi connectivity index (χ3n) is 12.9. The highest BCUT2D eigenvalue weighted by atomic mass is 32.1. The maximum Gasteiger partial charge on any atom is 0.0740 e. The zero-order valence-corrected chi connectivity index (χ0v) is 32.1. The molecule has 0 N–H and O–H groups in total. The van der Waals surface area contributed by atoms with Gasteiger partial charge in [0.05, 0.1) is 11.1 Å². The smallest absolute Gasteiger partial charge is 0.0740 e. The van der Waals surface area contributed by atoms with Gasteiger partial charge in [0.15, 0.2) is 0 Å². The summed E-state index contributed by atoms with van der Waals surface area (Å²) in [5.41, 5.74) is 20.4. The van der Waals surface area contributed by atoms with Gasteiger partial charge < -0.3 is 4.90 Å². The van der Waals surface area contributed by atoms with Gasteiger partial charge in [0.25, 0.3) is 0 Å². The van der Waals surface area contributed by atoms with Crippen molar-refractivity contribution in [3.8, 4) is 43.8 Å². The van der Waals surface area contributed by atoms with Crippen molar-refractivity contribution in [1.29, 1.82) is 0 Å². The molecule has 3 aliphatic carbocycles. The first kappa shape index (κ1) is 31.8. The second kappa shape index (κ2) is 11.5. The summed E-state index contributed by atoms with van der Waals surface area (Å²) < 4.78 is 1.33. The molecule has 0 radical (unpaired) electrons. The summed E-state index contributed by atoms with van der Waals surface area (Å²) >= 11 is 1.95. The van der Waals surface area contributed by atoms with Crippen LogP contribution in [-0.2, 0) is 10.8 Å². The first-order valence-electron chi connectivity index (χ1n) is 19.6. The van der Waals surface area contributed by atoms with Crippen molar-refractivity contribution in [2.75, 3.05) is 4.90 Å². The van der Waals surface area contributed by atoms with Gasteiger partial charge in [-0.05, 0) is 115 Å². The van der Waals surface area contributed by atoms with Gasteiger partial charge in [-0.1, -0.05) is 159 Å². The molecule has 0 saturated carbocycles. The summed E-state index contributed by atoms with van der Waals surface area (Å²) in [6, 6.07) is 70.3. The Labute approximate surface area is 331 Å². The van der Waals surface area contributed by atoms with E-state index in [9.17, 15) is 0 Å². The number of para-hydroxylation sites is 1. The lowest BCUT2D eigenvalue weighted by molar-refractivity contribution is 0.660. The number of anilines is 3. The fraction of sp³-hybridized carbons (Fsp3) is 0.0741. The monoisotopic (exact) mass is 731 g/mol. The molecule has 8 aromatic carbocycles. The molecule has 0 atom stereocenters. The van der Waals surface area contributed by atoms with Crippen LogP contribution in [0, 0.1) is 0 Å². The predicted octanol–water partition coefficient (Wildman–Crippen LogP) is 14.7. The van der Waals surface area contributed by atoms with Crippen LogP contribution >= 0.6 is 11.3 Å². The van der Waals surface area contributed by atoms with Crippen molar-refractivity contribution in [2.24, 2.45) is 0 Å². The van der Waals surface area contributed by atoms with E-state index in [2.05, 4.69) is 207 Å². The van der Waals surface area contributed by atoms with E-state index in [0.717, 1.165) is 5.69 Å². The molecule has 56 heavy (non-hydrogen) atoms. The number of rotatable bonds is 4. The van der Waals surface area contributed by atoms with Crippen molar-refractivity contribution >= 4 is 38.5 Å². The predicted molar refractivity (Wildman–Crippen MR) is 236 cm³/mol. The standard InChI is InChI=1S/C54H37NS/c1-53(2)46-32-35(34-16-5-3-6-17-34)28-30-40(46)41-31-29-37(33-47(41)53)55(36-18-7-4-8-19-36)48-26-15-25-45-50(48)52-51(42-22-11-14-27-49(42)56-52)54(45)43-23-12-9-20-38(43)39-21-10-13-24-44(39)54/h3-33H,1-2H3. The average Bonchev–Trinajstić information content (AvgIpc) is 3.93. The summed E-state index contributed by atoms with van der Waals surface area (Å²) in [5, 5.41) is 1.35. The van der Waals surface area contributed by atoms with Crippen LogP contribution < -0.4 is 4.90 Å². The highest BCUT2D eigenvalue weighted by molar-refractivity contribution is 7.22. The van der Waals surface area contributed by atoms with E-state index in [1.165, 1.54) is 98.7 Å². The normalized spacial score (nSPS) is 14.5. The van der Waals surface area contributed by atoms with E-state index in [1.807, 2.05) is 11.3 Å². The average molecular weight is 732 g/mol. The fourth-order valence-corrected chi connectivity index (χ4v) is 11.8. The van der Waals surface area contributed by atoms with Gasteiger partial charge in [0.1, 0.15) is 0 Å². The molecule has 0 unspecified atom stereocenters. The molecule has 0 fully saturated rings. The summed E-state index contributed by atoms with van der Waals surface area (Å²) in [7, 11) is 0. The molecule has 1 heterocycles. The second-order valence-corrected chi connectivity index (χ2v) is 17.0. The van der Waals surface area contributed by atoms with Gasteiger partial charge in [0.2, 0.25) is 0 Å². The molecule has 0 amide bonds. The molecule has 3 aliphatic rings. The number of hydrogen-bond donors (Lipinski definition) is 0. The Bertz CT molecular complexity index is 3010. The maximum atomic E-state index is 2.52. The summed E-state index contributed by atoms with van der Waals surface area (Å²) in [6.45, 7) is 4.79. The maximum absolute atomic E-state index is 2.52. The molecule has 9 aromatic rings. The number of fused-ring (bicyclic) bond motifs is 15. The summed E-state index contributed by atoms with van der Waals surface area (Å²) in [6.07, 6.45) is 0. The van der Waals surface area contributed by atoms with Gasteiger partial charge in [0, 0.05) is 31.9 Å². The molecule has 264 valence electrons. The molecule has 0 saturated heterocycles. The van der Waals surface area contributed by atoms with Crippen molar-refractivity contribution in [3.63, 3.8) is 0 Å². The molecule has 12 rings (SSSR count). The van der Waals surface area contributed by atoms with Gasteiger partial charge in [-0.15, -0.1) is 11.3 Å². The first-order valence-corrected chi connectivity index (χ1v) is 20.4. The summed E-state index contributed by atoms with van der Waals surface area (Å²) in [4.78, 5) is 3.89.